The Hall–Kier alpha value is -2.12. The minimum Gasteiger partial charge on any atom is -0.453 e. The second-order valence-electron chi connectivity index (χ2n) is 3.75. The van der Waals surface area contributed by atoms with Crippen molar-refractivity contribution in [3.05, 3.63) is 0 Å². The van der Waals surface area contributed by atoms with E-state index < -0.39 is 29.5 Å². The van der Waals surface area contributed by atoms with Gasteiger partial charge in [0.25, 0.3) is 11.8 Å². The minimum atomic E-state index is -1.83. The third-order valence-corrected chi connectivity index (χ3v) is 2.58. The molecule has 0 aromatic rings. The van der Waals surface area contributed by atoms with Gasteiger partial charge in [-0.3, -0.25) is 24.7 Å². The van der Waals surface area contributed by atoms with Gasteiger partial charge in [-0.15, -0.1) is 0 Å². The molecule has 0 aromatic heterocycles. The topological polar surface area (TPSA) is 96.0 Å². The van der Waals surface area contributed by atoms with Gasteiger partial charge >= 0.3 is 12.1 Å². The number of barbiturate groups is 1. The first-order chi connectivity index (χ1) is 7.75. The van der Waals surface area contributed by atoms with E-state index in [1.54, 1.807) is 0 Å². The van der Waals surface area contributed by atoms with Gasteiger partial charge in [-0.2, -0.15) is 0 Å². The van der Waals surface area contributed by atoms with Crippen LogP contribution in [0.15, 0.2) is 0 Å². The van der Waals surface area contributed by atoms with Crippen molar-refractivity contribution in [2.45, 2.75) is 12.5 Å². The van der Waals surface area contributed by atoms with Crippen LogP contribution in [-0.4, -0.2) is 60.5 Å². The van der Waals surface area contributed by atoms with E-state index in [9.17, 15) is 19.2 Å². The molecule has 0 atom stereocenters. The Kier molecular flexibility index (Phi) is 3.08. The number of likely N-dealkylation sites (N-methyl/N-ethyl adjacent to an activating group) is 2. The maximum atomic E-state index is 11.9. The Bertz CT molecular complexity index is 381. The maximum absolute atomic E-state index is 11.9. The van der Waals surface area contributed by atoms with E-state index >= 15 is 0 Å². The third kappa shape index (κ3) is 1.81. The van der Waals surface area contributed by atoms with Gasteiger partial charge in [0.05, 0.1) is 7.11 Å². The maximum Gasteiger partial charge on any atom is 0.408 e. The lowest BCUT2D eigenvalue weighted by molar-refractivity contribution is -0.150. The van der Waals surface area contributed by atoms with Crippen LogP contribution in [0.5, 0.6) is 0 Å². The number of amides is 5. The SMILES string of the molecule is COC(=O)NC1(C)C(=O)N(C)C(=O)N(C)C1=O. The lowest BCUT2D eigenvalue weighted by Gasteiger charge is -2.39. The fraction of sp³-hybridized carbons (Fsp3) is 0.556. The molecule has 0 aliphatic carbocycles. The summed E-state index contributed by atoms with van der Waals surface area (Å²) < 4.78 is 4.34. The van der Waals surface area contributed by atoms with Crippen molar-refractivity contribution in [2.24, 2.45) is 0 Å². The highest BCUT2D eigenvalue weighted by atomic mass is 16.5. The number of carbonyl (C=O) groups excluding carboxylic acids is 4. The molecule has 8 heteroatoms. The second kappa shape index (κ2) is 4.04. The molecule has 1 aliphatic rings. The van der Waals surface area contributed by atoms with Crippen LogP contribution in [0.4, 0.5) is 9.59 Å². The molecule has 0 radical (unpaired) electrons. The van der Waals surface area contributed by atoms with Gasteiger partial charge in [-0.05, 0) is 6.92 Å². The van der Waals surface area contributed by atoms with Gasteiger partial charge < -0.3 is 4.74 Å². The average Bonchev–Trinajstić information content (AvgIpc) is 2.32. The van der Waals surface area contributed by atoms with Crippen molar-refractivity contribution >= 4 is 23.9 Å². The van der Waals surface area contributed by atoms with Crippen LogP contribution in [-0.2, 0) is 14.3 Å². The molecule has 1 aliphatic heterocycles. The zero-order valence-electron chi connectivity index (χ0n) is 9.94. The zero-order valence-corrected chi connectivity index (χ0v) is 9.94. The van der Waals surface area contributed by atoms with Crippen molar-refractivity contribution < 1.29 is 23.9 Å². The van der Waals surface area contributed by atoms with Crippen molar-refractivity contribution in [3.8, 4) is 0 Å². The van der Waals surface area contributed by atoms with E-state index in [-0.39, 0.29) is 0 Å². The van der Waals surface area contributed by atoms with Gasteiger partial charge in [-0.25, -0.2) is 9.59 Å². The van der Waals surface area contributed by atoms with Crippen LogP contribution in [0.25, 0.3) is 0 Å². The number of alkyl carbamates (subject to hydrolysis) is 1. The Balaban J connectivity index is 3.12. The molecular formula is C9H13N3O5. The van der Waals surface area contributed by atoms with Gasteiger partial charge in [0.15, 0.2) is 5.54 Å². The molecule has 1 saturated heterocycles. The average molecular weight is 243 g/mol. The van der Waals surface area contributed by atoms with Gasteiger partial charge in [0.2, 0.25) is 0 Å². The molecule has 0 bridgehead atoms. The highest BCUT2D eigenvalue weighted by Crippen LogP contribution is 2.19. The molecule has 17 heavy (non-hydrogen) atoms. The summed E-state index contributed by atoms with van der Waals surface area (Å²) in [6, 6.07) is -0.746. The van der Waals surface area contributed by atoms with Crippen LogP contribution in [0.3, 0.4) is 0 Å². The lowest BCUT2D eigenvalue weighted by Crippen LogP contribution is -2.71. The van der Waals surface area contributed by atoms with Crippen LogP contribution < -0.4 is 5.32 Å². The zero-order chi connectivity index (χ0) is 13.4. The number of nitrogens with zero attached hydrogens (tertiary/aromatic N) is 2. The van der Waals surface area contributed by atoms with Crippen molar-refractivity contribution in [1.82, 2.24) is 15.1 Å². The smallest absolute Gasteiger partial charge is 0.408 e. The molecule has 94 valence electrons. The lowest BCUT2D eigenvalue weighted by atomic mass is 9.96. The number of methoxy groups -OCH3 is 1. The van der Waals surface area contributed by atoms with E-state index in [0.717, 1.165) is 16.9 Å². The highest BCUT2D eigenvalue weighted by molar-refractivity contribution is 6.22. The van der Waals surface area contributed by atoms with Crippen molar-refractivity contribution in [3.63, 3.8) is 0 Å². The Morgan fingerprint density at radius 3 is 1.94 bits per heavy atom. The molecule has 0 aromatic carbocycles. The number of nitrogens with one attached hydrogen (secondary N) is 1. The van der Waals surface area contributed by atoms with Gasteiger partial charge in [0.1, 0.15) is 0 Å². The van der Waals surface area contributed by atoms with E-state index in [2.05, 4.69) is 10.1 Å². The number of carbonyl (C=O) groups is 4. The molecule has 1 N–H and O–H groups in total. The van der Waals surface area contributed by atoms with Crippen molar-refractivity contribution in [2.75, 3.05) is 21.2 Å². The first kappa shape index (κ1) is 12.9. The molecule has 0 saturated carbocycles. The quantitative estimate of drug-likeness (QED) is 0.605. The Labute approximate surface area is 97.5 Å². The first-order valence-electron chi connectivity index (χ1n) is 4.72. The fourth-order valence-electron chi connectivity index (χ4n) is 1.52. The number of hydrogen-bond acceptors (Lipinski definition) is 5. The van der Waals surface area contributed by atoms with Crippen LogP contribution in [0, 0.1) is 0 Å². The Morgan fingerprint density at radius 1 is 1.18 bits per heavy atom. The number of rotatable bonds is 1. The summed E-state index contributed by atoms with van der Waals surface area (Å²) >= 11 is 0. The summed E-state index contributed by atoms with van der Waals surface area (Å²) in [5, 5.41) is 2.13. The summed E-state index contributed by atoms with van der Waals surface area (Å²) in [5.41, 5.74) is -1.83. The molecule has 0 spiro atoms. The largest absolute Gasteiger partial charge is 0.453 e. The van der Waals surface area contributed by atoms with E-state index in [4.69, 9.17) is 0 Å². The van der Waals surface area contributed by atoms with Crippen LogP contribution >= 0.6 is 0 Å². The standard InChI is InChI=1S/C9H13N3O5/c1-9(10-7(15)17-4)5(13)11(2)8(16)12(3)6(9)14/h1-4H3,(H,10,15). The molecule has 1 heterocycles. The Morgan fingerprint density at radius 2 is 1.59 bits per heavy atom. The van der Waals surface area contributed by atoms with E-state index in [1.807, 2.05) is 0 Å². The molecule has 8 nitrogen and oxygen atoms in total. The normalized spacial score (nSPS) is 19.4. The summed E-state index contributed by atoms with van der Waals surface area (Å²) in [5.74, 6) is -1.62. The summed E-state index contributed by atoms with van der Waals surface area (Å²) in [4.78, 5) is 47.8. The predicted molar refractivity (Wildman–Crippen MR) is 54.9 cm³/mol. The van der Waals surface area contributed by atoms with Gasteiger partial charge in [0, 0.05) is 14.1 Å². The monoisotopic (exact) mass is 243 g/mol. The summed E-state index contributed by atoms with van der Waals surface area (Å²) in [6.07, 6.45) is -0.926. The molecule has 1 fully saturated rings. The van der Waals surface area contributed by atoms with E-state index in [0.29, 0.717) is 0 Å². The number of ether oxygens (including phenoxy) is 1. The molecule has 5 amide bonds. The van der Waals surface area contributed by atoms with E-state index in [1.165, 1.54) is 21.0 Å². The second-order valence-corrected chi connectivity index (χ2v) is 3.75. The van der Waals surface area contributed by atoms with Crippen LogP contribution in [0.2, 0.25) is 0 Å². The first-order valence-corrected chi connectivity index (χ1v) is 4.72. The number of urea groups is 1. The predicted octanol–water partition coefficient (Wildman–Crippen LogP) is -0.848. The summed E-state index contributed by atoms with van der Waals surface area (Å²) in [7, 11) is 3.56. The highest BCUT2D eigenvalue weighted by Gasteiger charge is 2.53. The van der Waals surface area contributed by atoms with Crippen LogP contribution in [0.1, 0.15) is 6.92 Å². The molecule has 1 rings (SSSR count). The molecule has 0 unspecified atom stereocenters. The molecular weight excluding hydrogens is 230 g/mol. The minimum absolute atomic E-state index is 0.746. The van der Waals surface area contributed by atoms with Gasteiger partial charge in [-0.1, -0.05) is 0 Å². The third-order valence-electron chi connectivity index (χ3n) is 2.58. The summed E-state index contributed by atoms with van der Waals surface area (Å²) in [6.45, 7) is 1.22. The fourth-order valence-corrected chi connectivity index (χ4v) is 1.52. The van der Waals surface area contributed by atoms with Crippen molar-refractivity contribution in [1.29, 1.82) is 0 Å². The number of imide groups is 2. The number of hydrogen-bond donors (Lipinski definition) is 1.